The van der Waals surface area contributed by atoms with Crippen molar-refractivity contribution in [3.63, 3.8) is 0 Å². The third-order valence-corrected chi connectivity index (χ3v) is 4.71. The van der Waals surface area contributed by atoms with Crippen LogP contribution in [0.1, 0.15) is 25.7 Å². The van der Waals surface area contributed by atoms with Crippen LogP contribution in [0.5, 0.6) is 0 Å². The van der Waals surface area contributed by atoms with Gasteiger partial charge in [-0.1, -0.05) is 0 Å². The van der Waals surface area contributed by atoms with Crippen molar-refractivity contribution in [3.8, 4) is 0 Å². The molecular weight excluding hydrogens is 237 g/mol. The fourth-order valence-electron chi connectivity index (χ4n) is 4.11. The Morgan fingerprint density at radius 2 is 2.12 bits per heavy atom. The van der Waals surface area contributed by atoms with E-state index in [0.29, 0.717) is 25.7 Å². The number of aliphatic hydroxyl groups is 1. The number of aliphatic hydroxyl groups excluding tert-OH is 1. The zero-order valence-electron chi connectivity index (χ0n) is 9.04. The molecule has 0 unspecified atom stereocenters. The molecule has 0 aliphatic heterocycles. The Morgan fingerprint density at radius 1 is 1.41 bits per heavy atom. The second kappa shape index (κ2) is 3.16. The maximum absolute atomic E-state index is 12.2. The molecule has 2 bridgehead atoms. The van der Waals surface area contributed by atoms with Crippen LogP contribution in [0.25, 0.3) is 0 Å². The molecule has 3 nitrogen and oxygen atoms in total. The Hall–Kier alpha value is -0.780. The van der Waals surface area contributed by atoms with Gasteiger partial charge in [0.05, 0.1) is 6.10 Å². The fourth-order valence-corrected chi connectivity index (χ4v) is 4.11. The van der Waals surface area contributed by atoms with Crippen molar-refractivity contribution in [1.29, 1.82) is 0 Å². The summed E-state index contributed by atoms with van der Waals surface area (Å²) in [7, 11) is 0. The number of rotatable bonds is 1. The van der Waals surface area contributed by atoms with Gasteiger partial charge < -0.3 is 9.84 Å². The quantitative estimate of drug-likeness (QED) is 0.720. The molecule has 0 radical (unpaired) electrons. The van der Waals surface area contributed by atoms with E-state index < -0.39 is 23.9 Å². The molecular formula is C11H13F3O3. The van der Waals surface area contributed by atoms with Crippen molar-refractivity contribution in [3.05, 3.63) is 0 Å². The van der Waals surface area contributed by atoms with Crippen LogP contribution in [-0.2, 0) is 9.53 Å². The third-order valence-electron chi connectivity index (χ3n) is 4.71. The minimum Gasteiger partial charge on any atom is -0.452 e. The SMILES string of the molecule is O=C(O[C@]12CC[C@H]3[C@H](O)[C@H](C[C@H]31)C2)C(F)(F)F. The van der Waals surface area contributed by atoms with Crippen molar-refractivity contribution in [2.75, 3.05) is 0 Å². The molecule has 0 heterocycles. The lowest BCUT2D eigenvalue weighted by atomic mass is 9.83. The van der Waals surface area contributed by atoms with Gasteiger partial charge in [-0.3, -0.25) is 0 Å². The van der Waals surface area contributed by atoms with Crippen LogP contribution < -0.4 is 0 Å². The Bertz CT molecular complexity index is 367. The lowest BCUT2D eigenvalue weighted by Crippen LogP contribution is -2.44. The zero-order valence-corrected chi connectivity index (χ0v) is 9.04. The summed E-state index contributed by atoms with van der Waals surface area (Å²) in [6, 6.07) is 0. The molecule has 0 amide bonds. The van der Waals surface area contributed by atoms with Gasteiger partial charge in [0.2, 0.25) is 0 Å². The molecule has 0 aromatic carbocycles. The van der Waals surface area contributed by atoms with E-state index in [1.165, 1.54) is 0 Å². The number of hydrogen-bond donors (Lipinski definition) is 1. The number of carbonyl (C=O) groups excluding carboxylic acids is 1. The summed E-state index contributed by atoms with van der Waals surface area (Å²) in [5.74, 6) is -2.13. The first-order chi connectivity index (χ1) is 7.83. The molecule has 3 aliphatic rings. The summed E-state index contributed by atoms with van der Waals surface area (Å²) in [4.78, 5) is 11.0. The molecule has 3 aliphatic carbocycles. The van der Waals surface area contributed by atoms with E-state index in [0.717, 1.165) is 0 Å². The number of esters is 1. The second-order valence-electron chi connectivity index (χ2n) is 5.45. The topological polar surface area (TPSA) is 46.5 Å². The van der Waals surface area contributed by atoms with Crippen molar-refractivity contribution >= 4 is 5.97 Å². The predicted octanol–water partition coefficient (Wildman–Crippen LogP) is 1.64. The summed E-state index contributed by atoms with van der Waals surface area (Å²) >= 11 is 0. The fraction of sp³-hybridized carbons (Fsp3) is 0.909. The lowest BCUT2D eigenvalue weighted by molar-refractivity contribution is -0.218. The molecule has 6 heteroatoms. The number of alkyl halides is 3. The van der Waals surface area contributed by atoms with Gasteiger partial charge in [0.15, 0.2) is 0 Å². The van der Waals surface area contributed by atoms with Crippen LogP contribution in [-0.4, -0.2) is 29.0 Å². The highest BCUT2D eigenvalue weighted by atomic mass is 19.4. The average molecular weight is 250 g/mol. The number of carbonyl (C=O) groups is 1. The first-order valence-corrected chi connectivity index (χ1v) is 5.82. The van der Waals surface area contributed by atoms with E-state index in [1.807, 2.05) is 0 Å². The predicted molar refractivity (Wildman–Crippen MR) is 49.8 cm³/mol. The van der Waals surface area contributed by atoms with Gasteiger partial charge in [0.1, 0.15) is 5.60 Å². The molecule has 3 fully saturated rings. The van der Waals surface area contributed by atoms with E-state index in [-0.39, 0.29) is 17.8 Å². The van der Waals surface area contributed by atoms with E-state index in [2.05, 4.69) is 0 Å². The zero-order chi connectivity index (χ0) is 12.4. The molecule has 5 atom stereocenters. The molecule has 0 aromatic heterocycles. The summed E-state index contributed by atoms with van der Waals surface area (Å²) < 4.78 is 41.4. The Balaban J connectivity index is 1.80. The van der Waals surface area contributed by atoms with Gasteiger partial charge in [-0.25, -0.2) is 4.79 Å². The number of ether oxygens (including phenoxy) is 1. The van der Waals surface area contributed by atoms with Crippen LogP contribution in [0, 0.1) is 17.8 Å². The monoisotopic (exact) mass is 250 g/mol. The minimum atomic E-state index is -4.92. The maximum atomic E-state index is 12.2. The average Bonchev–Trinajstić information content (AvgIpc) is 2.75. The molecule has 1 N–H and O–H groups in total. The summed E-state index contributed by atoms with van der Waals surface area (Å²) in [6.07, 6.45) is -3.15. The van der Waals surface area contributed by atoms with Crippen LogP contribution in [0.15, 0.2) is 0 Å². The molecule has 0 aromatic rings. The molecule has 3 rings (SSSR count). The maximum Gasteiger partial charge on any atom is 0.490 e. The Labute approximate surface area is 95.9 Å². The van der Waals surface area contributed by atoms with Crippen LogP contribution >= 0.6 is 0 Å². The van der Waals surface area contributed by atoms with Gasteiger partial charge in [-0.05, 0) is 37.5 Å². The lowest BCUT2D eigenvalue weighted by Gasteiger charge is -2.35. The molecule has 0 saturated heterocycles. The standard InChI is InChI=1S/C11H13F3O3/c12-11(13,14)9(16)17-10-2-1-6-7(10)3-5(4-10)8(6)15/h5-8,15H,1-4H2/t5-,6-,7-,8-,10+/m1/s1. The van der Waals surface area contributed by atoms with E-state index in [1.54, 1.807) is 0 Å². The Morgan fingerprint density at radius 3 is 2.71 bits per heavy atom. The van der Waals surface area contributed by atoms with Gasteiger partial charge in [0.25, 0.3) is 0 Å². The van der Waals surface area contributed by atoms with Crippen LogP contribution in [0.2, 0.25) is 0 Å². The number of halogens is 3. The van der Waals surface area contributed by atoms with Crippen molar-refractivity contribution in [2.45, 2.75) is 43.6 Å². The van der Waals surface area contributed by atoms with Crippen molar-refractivity contribution < 1.29 is 27.8 Å². The summed E-state index contributed by atoms with van der Waals surface area (Å²) in [5.41, 5.74) is -0.943. The van der Waals surface area contributed by atoms with Gasteiger partial charge in [-0.15, -0.1) is 0 Å². The van der Waals surface area contributed by atoms with Gasteiger partial charge in [-0.2, -0.15) is 13.2 Å². The first-order valence-electron chi connectivity index (χ1n) is 5.82. The highest BCUT2D eigenvalue weighted by Crippen LogP contribution is 2.63. The second-order valence-corrected chi connectivity index (χ2v) is 5.45. The van der Waals surface area contributed by atoms with Crippen molar-refractivity contribution in [1.82, 2.24) is 0 Å². The molecule has 17 heavy (non-hydrogen) atoms. The van der Waals surface area contributed by atoms with E-state index >= 15 is 0 Å². The van der Waals surface area contributed by atoms with Gasteiger partial charge in [0, 0.05) is 5.92 Å². The molecule has 3 saturated carbocycles. The van der Waals surface area contributed by atoms with Gasteiger partial charge >= 0.3 is 12.1 Å². The summed E-state index contributed by atoms with van der Waals surface area (Å²) in [5, 5.41) is 9.85. The number of fused-ring (bicyclic) bond motifs is 1. The normalized spacial score (nSPS) is 47.5. The minimum absolute atomic E-state index is 0.00790. The van der Waals surface area contributed by atoms with E-state index in [9.17, 15) is 23.1 Å². The third kappa shape index (κ3) is 1.42. The molecule has 0 spiro atoms. The highest BCUT2D eigenvalue weighted by molar-refractivity contribution is 5.76. The van der Waals surface area contributed by atoms with Crippen LogP contribution in [0.4, 0.5) is 13.2 Å². The smallest absolute Gasteiger partial charge is 0.452 e. The van der Waals surface area contributed by atoms with Crippen LogP contribution in [0.3, 0.4) is 0 Å². The highest BCUT2D eigenvalue weighted by Gasteiger charge is 2.66. The first kappa shape index (κ1) is 11.3. The van der Waals surface area contributed by atoms with E-state index in [4.69, 9.17) is 4.74 Å². The molecule has 96 valence electrons. The summed E-state index contributed by atoms with van der Waals surface area (Å²) in [6.45, 7) is 0. The number of hydrogen-bond acceptors (Lipinski definition) is 3. The largest absolute Gasteiger partial charge is 0.490 e. The van der Waals surface area contributed by atoms with Crippen molar-refractivity contribution in [2.24, 2.45) is 17.8 Å². The Kier molecular flexibility index (Phi) is 2.10.